The third kappa shape index (κ3) is 2.82. The van der Waals surface area contributed by atoms with Gasteiger partial charge in [-0.05, 0) is 25.0 Å². The molecule has 0 saturated carbocycles. The summed E-state index contributed by atoms with van der Waals surface area (Å²) in [6, 6.07) is 7.88. The molecule has 20 heavy (non-hydrogen) atoms. The maximum Gasteiger partial charge on any atom is 0.227 e. The Bertz CT molecular complexity index is 624. The van der Waals surface area contributed by atoms with Crippen molar-refractivity contribution in [1.29, 1.82) is 0 Å². The minimum Gasteiger partial charge on any atom is -0.492 e. The summed E-state index contributed by atoms with van der Waals surface area (Å²) in [6.07, 6.45) is 0.735. The summed E-state index contributed by atoms with van der Waals surface area (Å²) in [7, 11) is 0. The lowest BCUT2D eigenvalue weighted by molar-refractivity contribution is -0.126. The van der Waals surface area contributed by atoms with Crippen LogP contribution in [-0.4, -0.2) is 17.5 Å². The lowest BCUT2D eigenvalue weighted by atomic mass is 9.96. The van der Waals surface area contributed by atoms with Crippen molar-refractivity contribution >= 4 is 17.2 Å². The fourth-order valence-corrected chi connectivity index (χ4v) is 3.00. The van der Waals surface area contributed by atoms with E-state index < -0.39 is 0 Å². The SMILES string of the molecule is Cc1csc(CNC(=O)[C@H]2COc3ccccc3C2)n1. The second kappa shape index (κ2) is 5.63. The number of fused-ring (bicyclic) bond motifs is 1. The highest BCUT2D eigenvalue weighted by molar-refractivity contribution is 7.09. The van der Waals surface area contributed by atoms with Crippen molar-refractivity contribution in [2.75, 3.05) is 6.61 Å². The highest BCUT2D eigenvalue weighted by Crippen LogP contribution is 2.26. The molecule has 0 radical (unpaired) electrons. The monoisotopic (exact) mass is 288 g/mol. The number of carbonyl (C=O) groups is 1. The lowest BCUT2D eigenvalue weighted by Crippen LogP contribution is -2.37. The van der Waals surface area contributed by atoms with Gasteiger partial charge in [-0.1, -0.05) is 18.2 Å². The van der Waals surface area contributed by atoms with Crippen molar-refractivity contribution in [2.45, 2.75) is 19.9 Å². The number of ether oxygens (including phenoxy) is 1. The highest BCUT2D eigenvalue weighted by atomic mass is 32.1. The average molecular weight is 288 g/mol. The number of aryl methyl sites for hydroxylation is 1. The van der Waals surface area contributed by atoms with Gasteiger partial charge in [-0.3, -0.25) is 4.79 Å². The van der Waals surface area contributed by atoms with Crippen molar-refractivity contribution < 1.29 is 9.53 Å². The Labute approximate surface area is 121 Å². The fourth-order valence-electron chi connectivity index (χ4n) is 2.29. The van der Waals surface area contributed by atoms with Crippen LogP contribution in [0.2, 0.25) is 0 Å². The molecule has 1 N–H and O–H groups in total. The fraction of sp³-hybridized carbons (Fsp3) is 0.333. The maximum atomic E-state index is 12.2. The molecule has 0 spiro atoms. The van der Waals surface area contributed by atoms with Crippen LogP contribution < -0.4 is 10.1 Å². The van der Waals surface area contributed by atoms with Crippen LogP contribution in [0.5, 0.6) is 5.75 Å². The molecular formula is C15H16N2O2S. The Morgan fingerprint density at radius 2 is 2.35 bits per heavy atom. The molecule has 1 amide bonds. The number of thiazole rings is 1. The molecule has 0 bridgehead atoms. The lowest BCUT2D eigenvalue weighted by Gasteiger charge is -2.24. The van der Waals surface area contributed by atoms with Gasteiger partial charge in [0, 0.05) is 11.1 Å². The summed E-state index contributed by atoms with van der Waals surface area (Å²) >= 11 is 1.57. The molecule has 0 fully saturated rings. The topological polar surface area (TPSA) is 51.2 Å². The van der Waals surface area contributed by atoms with Gasteiger partial charge in [0.15, 0.2) is 0 Å². The number of carbonyl (C=O) groups excluding carboxylic acids is 1. The largest absolute Gasteiger partial charge is 0.492 e. The molecule has 104 valence electrons. The van der Waals surface area contributed by atoms with Gasteiger partial charge in [0.2, 0.25) is 5.91 Å². The second-order valence-corrected chi connectivity index (χ2v) is 5.86. The molecule has 3 rings (SSSR count). The Morgan fingerprint density at radius 1 is 1.50 bits per heavy atom. The number of hydrogen-bond acceptors (Lipinski definition) is 4. The van der Waals surface area contributed by atoms with Crippen molar-refractivity contribution in [3.05, 3.63) is 45.9 Å². The minimum absolute atomic E-state index is 0.0346. The Hall–Kier alpha value is -1.88. The van der Waals surface area contributed by atoms with Crippen LogP contribution in [0.15, 0.2) is 29.6 Å². The first-order valence-electron chi connectivity index (χ1n) is 6.62. The predicted octanol–water partition coefficient (Wildman–Crippen LogP) is 2.32. The number of nitrogens with one attached hydrogen (secondary N) is 1. The summed E-state index contributed by atoms with van der Waals surface area (Å²) < 4.78 is 5.64. The first-order valence-corrected chi connectivity index (χ1v) is 7.50. The van der Waals surface area contributed by atoms with Gasteiger partial charge in [-0.15, -0.1) is 11.3 Å². The Balaban J connectivity index is 1.59. The first-order chi connectivity index (χ1) is 9.72. The van der Waals surface area contributed by atoms with E-state index in [2.05, 4.69) is 10.3 Å². The molecule has 1 aliphatic heterocycles. The van der Waals surface area contributed by atoms with E-state index in [4.69, 9.17) is 4.74 Å². The van der Waals surface area contributed by atoms with Crippen molar-refractivity contribution in [2.24, 2.45) is 5.92 Å². The van der Waals surface area contributed by atoms with Crippen LogP contribution >= 0.6 is 11.3 Å². The molecule has 1 aromatic heterocycles. The number of rotatable bonds is 3. The van der Waals surface area contributed by atoms with Gasteiger partial charge in [-0.25, -0.2) is 4.98 Å². The molecule has 2 aromatic rings. The van der Waals surface area contributed by atoms with E-state index in [0.717, 1.165) is 28.4 Å². The van der Waals surface area contributed by atoms with Gasteiger partial charge in [0.1, 0.15) is 17.4 Å². The van der Waals surface area contributed by atoms with Gasteiger partial charge in [-0.2, -0.15) is 0 Å². The highest BCUT2D eigenvalue weighted by Gasteiger charge is 2.25. The summed E-state index contributed by atoms with van der Waals surface area (Å²) in [6.45, 7) is 2.89. The van der Waals surface area contributed by atoms with Gasteiger partial charge in [0.05, 0.1) is 12.5 Å². The molecular weight excluding hydrogens is 272 g/mol. The van der Waals surface area contributed by atoms with Crippen LogP contribution in [0.25, 0.3) is 0 Å². The average Bonchev–Trinajstić information content (AvgIpc) is 2.90. The molecule has 5 heteroatoms. The summed E-state index contributed by atoms with van der Waals surface area (Å²) in [5.41, 5.74) is 2.10. The minimum atomic E-state index is -0.119. The number of nitrogens with zero attached hydrogens (tertiary/aromatic N) is 1. The zero-order chi connectivity index (χ0) is 13.9. The molecule has 0 aliphatic carbocycles. The van der Waals surface area contributed by atoms with E-state index in [9.17, 15) is 4.79 Å². The number of hydrogen-bond donors (Lipinski definition) is 1. The summed E-state index contributed by atoms with van der Waals surface area (Å²) in [5.74, 6) is 0.811. The number of para-hydroxylation sites is 1. The Morgan fingerprint density at radius 3 is 3.15 bits per heavy atom. The van der Waals surface area contributed by atoms with E-state index in [0.29, 0.717) is 13.2 Å². The standard InChI is InChI=1S/C15H16N2O2S/c1-10-9-20-14(17-10)7-16-15(18)12-6-11-4-2-3-5-13(11)19-8-12/h2-5,9,12H,6-8H2,1H3,(H,16,18)/t12-/m1/s1. The van der Waals surface area contributed by atoms with Crippen LogP contribution in [0.4, 0.5) is 0 Å². The predicted molar refractivity (Wildman–Crippen MR) is 77.8 cm³/mol. The second-order valence-electron chi connectivity index (χ2n) is 4.92. The number of benzene rings is 1. The molecule has 0 unspecified atom stereocenters. The van der Waals surface area contributed by atoms with Crippen LogP contribution in [0.1, 0.15) is 16.3 Å². The summed E-state index contributed by atoms with van der Waals surface area (Å²) in [5, 5.41) is 5.87. The maximum absolute atomic E-state index is 12.2. The Kier molecular flexibility index (Phi) is 3.69. The van der Waals surface area contributed by atoms with E-state index >= 15 is 0 Å². The molecule has 2 heterocycles. The van der Waals surface area contributed by atoms with E-state index in [1.165, 1.54) is 0 Å². The zero-order valence-corrected chi connectivity index (χ0v) is 12.1. The normalized spacial score (nSPS) is 17.1. The zero-order valence-electron chi connectivity index (χ0n) is 11.3. The van der Waals surface area contributed by atoms with E-state index in [1.807, 2.05) is 36.6 Å². The van der Waals surface area contributed by atoms with Gasteiger partial charge < -0.3 is 10.1 Å². The van der Waals surface area contributed by atoms with Crippen molar-refractivity contribution in [3.8, 4) is 5.75 Å². The van der Waals surface area contributed by atoms with E-state index in [-0.39, 0.29) is 11.8 Å². The van der Waals surface area contributed by atoms with E-state index in [1.54, 1.807) is 11.3 Å². The van der Waals surface area contributed by atoms with Crippen LogP contribution in [0.3, 0.4) is 0 Å². The smallest absolute Gasteiger partial charge is 0.227 e. The van der Waals surface area contributed by atoms with Gasteiger partial charge in [0.25, 0.3) is 0 Å². The summed E-state index contributed by atoms with van der Waals surface area (Å²) in [4.78, 5) is 16.5. The third-order valence-electron chi connectivity index (χ3n) is 3.33. The van der Waals surface area contributed by atoms with Crippen LogP contribution in [0, 0.1) is 12.8 Å². The molecule has 4 nitrogen and oxygen atoms in total. The number of aromatic nitrogens is 1. The molecule has 1 atom stereocenters. The first kappa shape index (κ1) is 13.1. The molecule has 1 aliphatic rings. The molecule has 0 saturated heterocycles. The third-order valence-corrected chi connectivity index (χ3v) is 4.30. The number of amides is 1. The van der Waals surface area contributed by atoms with Crippen LogP contribution in [-0.2, 0) is 17.8 Å². The molecule has 1 aromatic carbocycles. The quantitative estimate of drug-likeness (QED) is 0.943. The van der Waals surface area contributed by atoms with Crippen molar-refractivity contribution in [3.63, 3.8) is 0 Å². The van der Waals surface area contributed by atoms with Crippen molar-refractivity contribution in [1.82, 2.24) is 10.3 Å². The van der Waals surface area contributed by atoms with Gasteiger partial charge >= 0.3 is 0 Å².